The van der Waals surface area contributed by atoms with Crippen LogP contribution < -0.4 is 0 Å². The first-order chi connectivity index (χ1) is 11.6. The lowest BCUT2D eigenvalue weighted by Gasteiger charge is -2.32. The van der Waals surface area contributed by atoms with Crippen molar-refractivity contribution in [2.24, 2.45) is 0 Å². The molecule has 0 radical (unpaired) electrons. The number of benzene rings is 1. The van der Waals surface area contributed by atoms with Gasteiger partial charge < -0.3 is 18.9 Å². The number of carbonyl (C=O) groups excluding carboxylic acids is 2. The summed E-state index contributed by atoms with van der Waals surface area (Å²) in [4.78, 5) is 24.0. The van der Waals surface area contributed by atoms with E-state index in [4.69, 9.17) is 18.9 Å². The molecule has 0 saturated carbocycles. The number of rotatable bonds is 7. The monoisotopic (exact) mass is 336 g/mol. The van der Waals surface area contributed by atoms with Gasteiger partial charge in [0.2, 0.25) is 0 Å². The molecule has 1 aromatic rings. The fourth-order valence-electron chi connectivity index (χ4n) is 2.58. The molecule has 6 nitrogen and oxygen atoms in total. The smallest absolute Gasteiger partial charge is 0.335 e. The van der Waals surface area contributed by atoms with Gasteiger partial charge in [-0.1, -0.05) is 30.3 Å². The van der Waals surface area contributed by atoms with Gasteiger partial charge in [0.05, 0.1) is 25.9 Å². The summed E-state index contributed by atoms with van der Waals surface area (Å²) in [6.07, 6.45) is -1.17. The molecule has 3 atom stereocenters. The van der Waals surface area contributed by atoms with Gasteiger partial charge in [0.15, 0.2) is 12.2 Å². The summed E-state index contributed by atoms with van der Waals surface area (Å²) in [5.74, 6) is -0.945. The first kappa shape index (κ1) is 18.4. The zero-order valence-electron chi connectivity index (χ0n) is 14.1. The van der Waals surface area contributed by atoms with Gasteiger partial charge in [0.25, 0.3) is 0 Å². The molecule has 0 aromatic heterocycles. The van der Waals surface area contributed by atoms with Crippen molar-refractivity contribution >= 4 is 11.9 Å². The zero-order chi connectivity index (χ0) is 17.4. The Morgan fingerprint density at radius 1 is 1.00 bits per heavy atom. The van der Waals surface area contributed by atoms with Crippen molar-refractivity contribution in [2.45, 2.75) is 51.6 Å². The van der Waals surface area contributed by atoms with Gasteiger partial charge in [-0.3, -0.25) is 0 Å². The van der Waals surface area contributed by atoms with Gasteiger partial charge in [-0.2, -0.15) is 0 Å². The second-order valence-electron chi connectivity index (χ2n) is 5.51. The molecule has 0 spiro atoms. The van der Waals surface area contributed by atoms with Gasteiger partial charge in [-0.25, -0.2) is 9.59 Å². The summed E-state index contributed by atoms with van der Waals surface area (Å²) in [5, 5.41) is 0. The van der Waals surface area contributed by atoms with Gasteiger partial charge in [0.1, 0.15) is 0 Å². The second-order valence-corrected chi connectivity index (χ2v) is 5.51. The molecule has 1 aromatic carbocycles. The van der Waals surface area contributed by atoms with E-state index in [0.29, 0.717) is 19.4 Å². The van der Waals surface area contributed by atoms with Crippen LogP contribution in [0.15, 0.2) is 30.3 Å². The van der Waals surface area contributed by atoms with Gasteiger partial charge >= 0.3 is 11.9 Å². The summed E-state index contributed by atoms with van der Waals surface area (Å²) >= 11 is 0. The summed E-state index contributed by atoms with van der Waals surface area (Å²) < 4.78 is 21.5. The van der Waals surface area contributed by atoms with Crippen molar-refractivity contribution in [3.63, 3.8) is 0 Å². The fourth-order valence-corrected chi connectivity index (χ4v) is 2.58. The average Bonchev–Trinajstić information content (AvgIpc) is 2.61. The minimum absolute atomic E-state index is 0.262. The van der Waals surface area contributed by atoms with E-state index in [2.05, 4.69) is 0 Å². The van der Waals surface area contributed by atoms with E-state index in [9.17, 15) is 9.59 Å². The van der Waals surface area contributed by atoms with Crippen LogP contribution in [0.4, 0.5) is 0 Å². The summed E-state index contributed by atoms with van der Waals surface area (Å²) in [7, 11) is 0. The van der Waals surface area contributed by atoms with Gasteiger partial charge in [-0.15, -0.1) is 0 Å². The number of hydrogen-bond donors (Lipinski definition) is 0. The molecule has 1 unspecified atom stereocenters. The van der Waals surface area contributed by atoms with Crippen LogP contribution in [-0.2, 0) is 35.1 Å². The molecule has 1 aliphatic heterocycles. The molecule has 132 valence electrons. The SMILES string of the molecule is CCOC(=O)[C@@H]1CC(OCc2ccccc2)C[C@H](C(=O)OCC)O1. The molecule has 24 heavy (non-hydrogen) atoms. The molecule has 0 bridgehead atoms. The Labute approximate surface area is 142 Å². The zero-order valence-corrected chi connectivity index (χ0v) is 14.1. The van der Waals surface area contributed by atoms with E-state index in [0.717, 1.165) is 5.56 Å². The Bertz CT molecular complexity index is 504. The number of ether oxygens (including phenoxy) is 4. The minimum Gasteiger partial charge on any atom is -0.464 e. The summed E-state index contributed by atoms with van der Waals surface area (Å²) in [6.45, 7) is 4.40. The molecule has 1 aliphatic rings. The molecule has 0 aliphatic carbocycles. The highest BCUT2D eigenvalue weighted by atomic mass is 16.6. The van der Waals surface area contributed by atoms with Crippen LogP contribution in [0, 0.1) is 0 Å². The highest BCUT2D eigenvalue weighted by Gasteiger charge is 2.39. The molecular weight excluding hydrogens is 312 g/mol. The summed E-state index contributed by atoms with van der Waals surface area (Å²) in [6, 6.07) is 9.73. The average molecular weight is 336 g/mol. The molecule has 1 fully saturated rings. The standard InChI is InChI=1S/C18H24O6/c1-3-21-17(19)15-10-14(11-16(24-15)18(20)22-4-2)23-12-13-8-6-5-7-9-13/h5-9,14-16H,3-4,10-12H2,1-2H3/t14?,15-,16+. The lowest BCUT2D eigenvalue weighted by Crippen LogP contribution is -2.45. The highest BCUT2D eigenvalue weighted by Crippen LogP contribution is 2.25. The maximum Gasteiger partial charge on any atom is 0.335 e. The van der Waals surface area contributed by atoms with E-state index >= 15 is 0 Å². The topological polar surface area (TPSA) is 71.1 Å². The quantitative estimate of drug-likeness (QED) is 0.711. The van der Waals surface area contributed by atoms with Crippen molar-refractivity contribution in [1.29, 1.82) is 0 Å². The Balaban J connectivity index is 1.99. The van der Waals surface area contributed by atoms with E-state index in [1.54, 1.807) is 13.8 Å². The lowest BCUT2D eigenvalue weighted by atomic mass is 10.0. The van der Waals surface area contributed by atoms with Crippen LogP contribution in [-0.4, -0.2) is 43.5 Å². The van der Waals surface area contributed by atoms with E-state index in [1.807, 2.05) is 30.3 Å². The van der Waals surface area contributed by atoms with Crippen molar-refractivity contribution in [3.05, 3.63) is 35.9 Å². The molecule has 1 saturated heterocycles. The molecule has 2 rings (SSSR count). The van der Waals surface area contributed by atoms with Crippen molar-refractivity contribution in [2.75, 3.05) is 13.2 Å². The maximum atomic E-state index is 12.0. The Hall–Kier alpha value is -1.92. The van der Waals surface area contributed by atoms with Crippen LogP contribution in [0.25, 0.3) is 0 Å². The second kappa shape index (κ2) is 9.39. The van der Waals surface area contributed by atoms with E-state index in [-0.39, 0.29) is 19.3 Å². The number of esters is 2. The Morgan fingerprint density at radius 3 is 2.04 bits per heavy atom. The molecule has 1 heterocycles. The van der Waals surface area contributed by atoms with Crippen molar-refractivity contribution < 1.29 is 28.5 Å². The maximum absolute atomic E-state index is 12.0. The third kappa shape index (κ3) is 5.32. The van der Waals surface area contributed by atoms with Crippen molar-refractivity contribution in [1.82, 2.24) is 0 Å². The third-order valence-corrected chi connectivity index (χ3v) is 3.71. The first-order valence-electron chi connectivity index (χ1n) is 8.28. The summed E-state index contributed by atoms with van der Waals surface area (Å²) in [5.41, 5.74) is 1.03. The third-order valence-electron chi connectivity index (χ3n) is 3.71. The van der Waals surface area contributed by atoms with Gasteiger partial charge in [-0.05, 0) is 19.4 Å². The number of carbonyl (C=O) groups is 2. The molecule has 0 amide bonds. The largest absolute Gasteiger partial charge is 0.464 e. The molecule has 0 N–H and O–H groups in total. The van der Waals surface area contributed by atoms with E-state index in [1.165, 1.54) is 0 Å². The van der Waals surface area contributed by atoms with Crippen LogP contribution in [0.2, 0.25) is 0 Å². The Morgan fingerprint density at radius 2 is 1.54 bits per heavy atom. The van der Waals surface area contributed by atoms with E-state index < -0.39 is 24.1 Å². The predicted molar refractivity (Wildman–Crippen MR) is 86.2 cm³/mol. The lowest BCUT2D eigenvalue weighted by molar-refractivity contribution is -0.188. The van der Waals surface area contributed by atoms with Crippen LogP contribution in [0.3, 0.4) is 0 Å². The molecular formula is C18H24O6. The number of hydrogen-bond acceptors (Lipinski definition) is 6. The fraction of sp³-hybridized carbons (Fsp3) is 0.556. The van der Waals surface area contributed by atoms with Crippen molar-refractivity contribution in [3.8, 4) is 0 Å². The van der Waals surface area contributed by atoms with Gasteiger partial charge in [0, 0.05) is 12.8 Å². The van der Waals surface area contributed by atoms with Crippen LogP contribution >= 0.6 is 0 Å². The molecule has 6 heteroatoms. The highest BCUT2D eigenvalue weighted by molar-refractivity contribution is 5.78. The minimum atomic E-state index is -0.811. The normalized spacial score (nSPS) is 23.5. The predicted octanol–water partition coefficient (Wildman–Crippen LogP) is 2.25. The van der Waals surface area contributed by atoms with Crippen LogP contribution in [0.1, 0.15) is 32.3 Å². The van der Waals surface area contributed by atoms with Crippen LogP contribution in [0.5, 0.6) is 0 Å². The first-order valence-corrected chi connectivity index (χ1v) is 8.28. The Kier molecular flexibility index (Phi) is 7.21.